The molecule has 0 aliphatic carbocycles. The predicted molar refractivity (Wildman–Crippen MR) is 82.2 cm³/mol. The molecule has 19 heavy (non-hydrogen) atoms. The van der Waals surface area contributed by atoms with Crippen molar-refractivity contribution in [1.82, 2.24) is 4.90 Å². The van der Waals surface area contributed by atoms with Crippen molar-refractivity contribution in [3.8, 4) is 5.75 Å². The lowest BCUT2D eigenvalue weighted by atomic mass is 9.93. The van der Waals surface area contributed by atoms with Gasteiger partial charge >= 0.3 is 0 Å². The molecule has 1 saturated heterocycles. The summed E-state index contributed by atoms with van der Waals surface area (Å²) in [6, 6.07) is 6.72. The molecule has 1 fully saturated rings. The van der Waals surface area contributed by atoms with E-state index in [0.717, 1.165) is 35.8 Å². The highest BCUT2D eigenvalue weighted by molar-refractivity contribution is 9.10. The van der Waals surface area contributed by atoms with E-state index in [0.29, 0.717) is 17.8 Å². The molecule has 3 nitrogen and oxygen atoms in total. The van der Waals surface area contributed by atoms with Crippen LogP contribution in [0, 0.1) is 0 Å². The Labute approximate surface area is 123 Å². The minimum atomic E-state index is 0.264. The van der Waals surface area contributed by atoms with Crippen LogP contribution in [0.2, 0.25) is 0 Å². The van der Waals surface area contributed by atoms with Crippen LogP contribution < -0.4 is 5.73 Å². The van der Waals surface area contributed by atoms with Gasteiger partial charge in [0.15, 0.2) is 0 Å². The summed E-state index contributed by atoms with van der Waals surface area (Å²) < 4.78 is 1.01. The molecular formula is C15H23BrN2O. The topological polar surface area (TPSA) is 49.5 Å². The third kappa shape index (κ3) is 3.30. The second-order valence-electron chi connectivity index (χ2n) is 5.50. The Balaban J connectivity index is 2.26. The van der Waals surface area contributed by atoms with Crippen molar-refractivity contribution >= 4 is 15.9 Å². The molecule has 0 saturated carbocycles. The van der Waals surface area contributed by atoms with E-state index in [-0.39, 0.29) is 6.04 Å². The maximum Gasteiger partial charge on any atom is 0.120 e. The lowest BCUT2D eigenvalue weighted by molar-refractivity contribution is 0.0914. The predicted octanol–water partition coefficient (Wildman–Crippen LogP) is 3.42. The van der Waals surface area contributed by atoms with Crippen LogP contribution in [0.15, 0.2) is 22.7 Å². The van der Waals surface area contributed by atoms with Gasteiger partial charge in [-0.15, -0.1) is 0 Å². The van der Waals surface area contributed by atoms with Gasteiger partial charge < -0.3 is 10.8 Å². The molecule has 1 heterocycles. The minimum Gasteiger partial charge on any atom is -0.508 e. The van der Waals surface area contributed by atoms with Crippen LogP contribution in [-0.2, 0) is 0 Å². The van der Waals surface area contributed by atoms with Crippen molar-refractivity contribution in [2.45, 2.75) is 51.2 Å². The number of nitrogens with two attached hydrogens (primary N) is 1. The van der Waals surface area contributed by atoms with Crippen LogP contribution in [0.25, 0.3) is 0 Å². The first-order valence-electron chi connectivity index (χ1n) is 7.02. The zero-order valence-electron chi connectivity index (χ0n) is 11.6. The third-order valence-electron chi connectivity index (χ3n) is 4.10. The molecular weight excluding hydrogens is 304 g/mol. The number of benzene rings is 1. The number of likely N-dealkylation sites (tertiary alicyclic amines) is 1. The largest absolute Gasteiger partial charge is 0.508 e. The summed E-state index contributed by atoms with van der Waals surface area (Å²) in [6.45, 7) is 5.41. The average Bonchev–Trinajstić information content (AvgIpc) is 2.36. The summed E-state index contributed by atoms with van der Waals surface area (Å²) in [7, 11) is 0. The summed E-state index contributed by atoms with van der Waals surface area (Å²) in [5, 5.41) is 10.1. The van der Waals surface area contributed by atoms with Gasteiger partial charge in [-0.3, -0.25) is 4.90 Å². The van der Waals surface area contributed by atoms with Gasteiger partial charge in [0.1, 0.15) is 5.75 Å². The highest BCUT2D eigenvalue weighted by Crippen LogP contribution is 2.36. The quantitative estimate of drug-likeness (QED) is 0.894. The highest BCUT2D eigenvalue weighted by Gasteiger charge is 2.30. The second-order valence-corrected chi connectivity index (χ2v) is 6.41. The molecule has 3 unspecified atom stereocenters. The number of hydrogen-bond donors (Lipinski definition) is 2. The number of rotatable bonds is 3. The first kappa shape index (κ1) is 14.8. The van der Waals surface area contributed by atoms with Gasteiger partial charge in [0.2, 0.25) is 0 Å². The number of aromatic hydroxyl groups is 1. The monoisotopic (exact) mass is 326 g/mol. The molecule has 1 aliphatic heterocycles. The first-order chi connectivity index (χ1) is 9.02. The molecule has 4 heteroatoms. The lowest BCUT2D eigenvalue weighted by Crippen LogP contribution is -2.47. The number of nitrogens with zero attached hydrogens (tertiary/aromatic N) is 1. The van der Waals surface area contributed by atoms with Gasteiger partial charge in [-0.25, -0.2) is 0 Å². The van der Waals surface area contributed by atoms with Crippen molar-refractivity contribution in [2.24, 2.45) is 5.73 Å². The number of hydrogen-bond acceptors (Lipinski definition) is 3. The van der Waals surface area contributed by atoms with Gasteiger partial charge in [-0.05, 0) is 44.4 Å². The molecule has 3 N–H and O–H groups in total. The van der Waals surface area contributed by atoms with Crippen LogP contribution in [0.1, 0.15) is 44.7 Å². The maximum absolute atomic E-state index is 10.1. The van der Waals surface area contributed by atoms with Gasteiger partial charge in [-0.1, -0.05) is 22.9 Å². The Morgan fingerprint density at radius 2 is 2.26 bits per heavy atom. The molecule has 106 valence electrons. The van der Waals surface area contributed by atoms with E-state index in [1.807, 2.05) is 12.1 Å². The summed E-state index contributed by atoms with van der Waals surface area (Å²) in [5.74, 6) is 0.386. The number of halogens is 1. The van der Waals surface area contributed by atoms with Crippen LogP contribution >= 0.6 is 15.9 Å². The van der Waals surface area contributed by atoms with Gasteiger partial charge in [0, 0.05) is 34.7 Å². The summed E-state index contributed by atoms with van der Waals surface area (Å²) in [6.07, 6.45) is 3.06. The van der Waals surface area contributed by atoms with Crippen molar-refractivity contribution < 1.29 is 5.11 Å². The molecule has 1 aliphatic rings. The van der Waals surface area contributed by atoms with Crippen molar-refractivity contribution in [3.05, 3.63) is 28.2 Å². The van der Waals surface area contributed by atoms with Crippen LogP contribution in [0.3, 0.4) is 0 Å². The Hall–Kier alpha value is -0.580. The smallest absolute Gasteiger partial charge is 0.120 e. The van der Waals surface area contributed by atoms with Crippen LogP contribution in [-0.4, -0.2) is 28.6 Å². The normalized spacial score (nSPS) is 26.3. The van der Waals surface area contributed by atoms with E-state index in [1.165, 1.54) is 0 Å². The Bertz CT molecular complexity index is 438. The zero-order chi connectivity index (χ0) is 14.0. The lowest BCUT2D eigenvalue weighted by Gasteiger charge is -2.41. The number of phenolic OH excluding ortho intramolecular Hbond substituents is 1. The molecule has 0 radical (unpaired) electrons. The van der Waals surface area contributed by atoms with E-state index < -0.39 is 0 Å². The molecule has 0 aromatic heterocycles. The molecule has 2 rings (SSSR count). The Morgan fingerprint density at radius 3 is 2.89 bits per heavy atom. The fraction of sp³-hybridized carbons (Fsp3) is 0.600. The molecule has 0 bridgehead atoms. The first-order valence-corrected chi connectivity index (χ1v) is 7.82. The molecule has 3 atom stereocenters. The van der Waals surface area contributed by atoms with E-state index >= 15 is 0 Å². The van der Waals surface area contributed by atoms with Gasteiger partial charge in [-0.2, -0.15) is 0 Å². The maximum atomic E-state index is 10.1. The van der Waals surface area contributed by atoms with Crippen molar-refractivity contribution in [2.75, 3.05) is 6.54 Å². The molecule has 1 aromatic carbocycles. The SMILES string of the molecule is CCC(c1cc(Br)ccc1O)N1CCC(N)CC1C. The number of piperidine rings is 1. The Kier molecular flexibility index (Phi) is 4.87. The zero-order valence-corrected chi connectivity index (χ0v) is 13.2. The summed E-state index contributed by atoms with van der Waals surface area (Å²) in [5.41, 5.74) is 7.05. The average molecular weight is 327 g/mol. The van der Waals surface area contributed by atoms with Gasteiger partial charge in [0.25, 0.3) is 0 Å². The standard InChI is InChI=1S/C15H23BrN2O/c1-3-14(13-9-11(16)4-5-15(13)19)18-7-6-12(17)8-10(18)2/h4-5,9-10,12,14,19H,3,6-8,17H2,1-2H3. The van der Waals surface area contributed by atoms with E-state index in [9.17, 15) is 5.11 Å². The van der Waals surface area contributed by atoms with E-state index in [1.54, 1.807) is 6.07 Å². The van der Waals surface area contributed by atoms with E-state index in [4.69, 9.17) is 5.73 Å². The molecule has 1 aromatic rings. The fourth-order valence-corrected chi connectivity index (χ4v) is 3.49. The van der Waals surface area contributed by atoms with Crippen molar-refractivity contribution in [3.63, 3.8) is 0 Å². The number of phenols is 1. The summed E-state index contributed by atoms with van der Waals surface area (Å²) >= 11 is 3.49. The molecule has 0 amide bonds. The highest BCUT2D eigenvalue weighted by atomic mass is 79.9. The van der Waals surface area contributed by atoms with Crippen LogP contribution in [0.5, 0.6) is 5.75 Å². The second kappa shape index (κ2) is 6.25. The van der Waals surface area contributed by atoms with E-state index in [2.05, 4.69) is 34.7 Å². The Morgan fingerprint density at radius 1 is 1.53 bits per heavy atom. The molecule has 0 spiro atoms. The van der Waals surface area contributed by atoms with Gasteiger partial charge in [0.05, 0.1) is 0 Å². The fourth-order valence-electron chi connectivity index (χ4n) is 3.12. The minimum absolute atomic E-state index is 0.264. The third-order valence-corrected chi connectivity index (χ3v) is 4.60. The van der Waals surface area contributed by atoms with Crippen LogP contribution in [0.4, 0.5) is 0 Å². The summed E-state index contributed by atoms with van der Waals surface area (Å²) in [4.78, 5) is 2.48. The van der Waals surface area contributed by atoms with Crippen molar-refractivity contribution in [1.29, 1.82) is 0 Å².